The second-order valence-corrected chi connectivity index (χ2v) is 4.28. The van der Waals surface area contributed by atoms with E-state index in [2.05, 4.69) is 9.97 Å². The predicted molar refractivity (Wildman–Crippen MR) is 61.0 cm³/mol. The lowest BCUT2D eigenvalue weighted by molar-refractivity contribution is 0.0683. The Morgan fingerprint density at radius 1 is 1.62 bits per heavy atom. The van der Waals surface area contributed by atoms with Crippen LogP contribution in [0.1, 0.15) is 22.4 Å². The van der Waals surface area contributed by atoms with Crippen molar-refractivity contribution in [2.75, 3.05) is 5.73 Å². The van der Waals surface area contributed by atoms with Gasteiger partial charge in [0, 0.05) is 4.88 Å². The van der Waals surface area contributed by atoms with E-state index in [0.29, 0.717) is 16.9 Å². The van der Waals surface area contributed by atoms with E-state index in [9.17, 15) is 9.59 Å². The van der Waals surface area contributed by atoms with E-state index in [-0.39, 0.29) is 11.2 Å². The van der Waals surface area contributed by atoms with Gasteiger partial charge in [0.25, 0.3) is 5.56 Å². The highest BCUT2D eigenvalue weighted by Gasteiger charge is 2.16. The Hall–Kier alpha value is -1.89. The molecule has 0 saturated heterocycles. The summed E-state index contributed by atoms with van der Waals surface area (Å²) in [6, 6.07) is 0. The van der Waals surface area contributed by atoms with Gasteiger partial charge in [-0.15, -0.1) is 11.3 Å². The number of nitrogens with one attached hydrogen (secondary N) is 1. The first-order valence-corrected chi connectivity index (χ1v) is 5.40. The van der Waals surface area contributed by atoms with Crippen LogP contribution in [-0.4, -0.2) is 21.0 Å². The fraction of sp³-hybridized carbons (Fsp3) is 0.222. The van der Waals surface area contributed by atoms with Gasteiger partial charge in [-0.1, -0.05) is 6.92 Å². The molecule has 0 amide bonds. The minimum absolute atomic E-state index is 0.284. The van der Waals surface area contributed by atoms with Crippen molar-refractivity contribution >= 4 is 33.2 Å². The normalized spacial score (nSPS) is 10.8. The zero-order valence-corrected chi connectivity index (χ0v) is 9.22. The van der Waals surface area contributed by atoms with Crippen LogP contribution in [0.25, 0.3) is 10.2 Å². The first-order chi connectivity index (χ1) is 7.54. The number of aromatic nitrogens is 2. The van der Waals surface area contributed by atoms with Crippen LogP contribution in [0, 0.1) is 0 Å². The smallest absolute Gasteiger partial charge is 0.372 e. The van der Waals surface area contributed by atoms with E-state index in [1.165, 1.54) is 11.3 Å². The Balaban J connectivity index is 2.84. The van der Waals surface area contributed by atoms with Gasteiger partial charge in [0.05, 0.1) is 11.1 Å². The Morgan fingerprint density at radius 2 is 2.31 bits per heavy atom. The fourth-order valence-corrected chi connectivity index (χ4v) is 2.47. The SMILES string of the molecule is CCc1sc2nc(C(=O)O)[nH]c(=O)c2c1N. The van der Waals surface area contributed by atoms with Crippen LogP contribution in [0.5, 0.6) is 0 Å². The molecule has 2 aromatic rings. The van der Waals surface area contributed by atoms with Gasteiger partial charge < -0.3 is 15.8 Å². The summed E-state index contributed by atoms with van der Waals surface area (Å²) in [6.07, 6.45) is 0.689. The number of carbonyl (C=O) groups is 1. The summed E-state index contributed by atoms with van der Waals surface area (Å²) in [6.45, 7) is 1.91. The molecule has 2 rings (SSSR count). The van der Waals surface area contributed by atoms with Crippen LogP contribution in [0.2, 0.25) is 0 Å². The number of thiophene rings is 1. The van der Waals surface area contributed by atoms with E-state index in [1.54, 1.807) is 0 Å². The number of hydrogen-bond donors (Lipinski definition) is 3. The van der Waals surface area contributed by atoms with Crippen LogP contribution >= 0.6 is 11.3 Å². The molecule has 16 heavy (non-hydrogen) atoms. The lowest BCUT2D eigenvalue weighted by atomic mass is 10.2. The molecule has 0 aliphatic heterocycles. The summed E-state index contributed by atoms with van der Waals surface area (Å²) in [7, 11) is 0. The Kier molecular flexibility index (Phi) is 2.39. The van der Waals surface area contributed by atoms with E-state index < -0.39 is 11.5 Å². The first kappa shape index (κ1) is 10.6. The number of nitrogen functional groups attached to an aromatic ring is 1. The maximum atomic E-state index is 11.6. The summed E-state index contributed by atoms with van der Waals surface area (Å²) in [5.41, 5.74) is 5.67. The molecular weight excluding hydrogens is 230 g/mol. The van der Waals surface area contributed by atoms with Crippen LogP contribution in [0.15, 0.2) is 4.79 Å². The number of nitrogens with zero attached hydrogens (tertiary/aromatic N) is 1. The lowest BCUT2D eigenvalue weighted by Gasteiger charge is -1.94. The maximum Gasteiger partial charge on any atom is 0.372 e. The molecule has 0 radical (unpaired) electrons. The number of hydrogen-bond acceptors (Lipinski definition) is 5. The van der Waals surface area contributed by atoms with E-state index in [0.717, 1.165) is 4.88 Å². The third kappa shape index (κ3) is 1.45. The molecule has 2 aromatic heterocycles. The monoisotopic (exact) mass is 239 g/mol. The second kappa shape index (κ2) is 3.60. The van der Waals surface area contributed by atoms with Gasteiger partial charge in [-0.2, -0.15) is 0 Å². The first-order valence-electron chi connectivity index (χ1n) is 4.59. The van der Waals surface area contributed by atoms with Crippen molar-refractivity contribution in [1.29, 1.82) is 0 Å². The number of aromatic amines is 1. The summed E-state index contributed by atoms with van der Waals surface area (Å²) in [4.78, 5) is 29.6. The number of aromatic carboxylic acids is 1. The van der Waals surface area contributed by atoms with E-state index in [1.807, 2.05) is 6.92 Å². The minimum atomic E-state index is -1.26. The zero-order chi connectivity index (χ0) is 11.9. The van der Waals surface area contributed by atoms with E-state index >= 15 is 0 Å². The highest BCUT2D eigenvalue weighted by Crippen LogP contribution is 2.29. The van der Waals surface area contributed by atoms with Gasteiger partial charge in [-0.3, -0.25) is 4.79 Å². The molecule has 0 aliphatic rings. The molecule has 84 valence electrons. The molecule has 0 fully saturated rings. The molecule has 7 heteroatoms. The average molecular weight is 239 g/mol. The summed E-state index contributed by atoms with van der Waals surface area (Å²) < 4.78 is 0. The lowest BCUT2D eigenvalue weighted by Crippen LogP contribution is -2.15. The number of H-pyrrole nitrogens is 1. The molecule has 2 heterocycles. The number of anilines is 1. The Morgan fingerprint density at radius 3 is 2.88 bits per heavy atom. The number of fused-ring (bicyclic) bond motifs is 1. The van der Waals surface area contributed by atoms with Gasteiger partial charge in [0.15, 0.2) is 0 Å². The second-order valence-electron chi connectivity index (χ2n) is 3.19. The van der Waals surface area contributed by atoms with Crippen molar-refractivity contribution < 1.29 is 9.90 Å². The Bertz CT molecular complexity index is 629. The number of nitrogens with two attached hydrogens (primary N) is 1. The molecule has 6 nitrogen and oxygen atoms in total. The highest BCUT2D eigenvalue weighted by atomic mass is 32.1. The van der Waals surface area contributed by atoms with Gasteiger partial charge in [-0.25, -0.2) is 9.78 Å². The zero-order valence-electron chi connectivity index (χ0n) is 8.40. The average Bonchev–Trinajstić information content (AvgIpc) is 2.55. The maximum absolute atomic E-state index is 11.6. The summed E-state index contributed by atoms with van der Waals surface area (Å²) >= 11 is 1.25. The molecule has 0 bridgehead atoms. The fourth-order valence-electron chi connectivity index (χ4n) is 1.44. The molecule has 0 spiro atoms. The highest BCUT2D eigenvalue weighted by molar-refractivity contribution is 7.19. The molecule has 0 aliphatic carbocycles. The molecular formula is C9H9N3O3S. The van der Waals surface area contributed by atoms with E-state index in [4.69, 9.17) is 10.8 Å². The standard InChI is InChI=1S/C9H9N3O3S/c1-2-3-5(10)4-7(13)11-6(9(14)15)12-8(4)16-3/h2,10H2,1H3,(H,14,15)(H,11,12,13). The minimum Gasteiger partial charge on any atom is -0.475 e. The van der Waals surface area contributed by atoms with Crippen molar-refractivity contribution in [3.8, 4) is 0 Å². The van der Waals surface area contributed by atoms with Crippen molar-refractivity contribution in [2.45, 2.75) is 13.3 Å². The molecule has 4 N–H and O–H groups in total. The van der Waals surface area contributed by atoms with Gasteiger partial charge in [0.1, 0.15) is 4.83 Å². The summed E-state index contributed by atoms with van der Waals surface area (Å²) in [5, 5.41) is 9.03. The summed E-state index contributed by atoms with van der Waals surface area (Å²) in [5.74, 6) is -1.62. The van der Waals surface area contributed by atoms with Gasteiger partial charge >= 0.3 is 5.97 Å². The van der Waals surface area contributed by atoms with Crippen molar-refractivity contribution in [2.24, 2.45) is 0 Å². The Labute approximate surface area is 93.7 Å². The number of carboxylic acids is 1. The number of aryl methyl sites for hydroxylation is 1. The van der Waals surface area contributed by atoms with Crippen LogP contribution in [-0.2, 0) is 6.42 Å². The van der Waals surface area contributed by atoms with Crippen molar-refractivity contribution in [3.63, 3.8) is 0 Å². The van der Waals surface area contributed by atoms with Crippen molar-refractivity contribution in [1.82, 2.24) is 9.97 Å². The number of rotatable bonds is 2. The predicted octanol–water partition coefficient (Wildman–Crippen LogP) is 0.827. The van der Waals surface area contributed by atoms with Crippen LogP contribution < -0.4 is 11.3 Å². The van der Waals surface area contributed by atoms with Crippen LogP contribution in [0.3, 0.4) is 0 Å². The topological polar surface area (TPSA) is 109 Å². The molecule has 0 aromatic carbocycles. The quantitative estimate of drug-likeness (QED) is 0.719. The largest absolute Gasteiger partial charge is 0.475 e. The van der Waals surface area contributed by atoms with Gasteiger partial charge in [0.2, 0.25) is 5.82 Å². The van der Waals surface area contributed by atoms with Crippen molar-refractivity contribution in [3.05, 3.63) is 21.1 Å². The molecule has 0 saturated carbocycles. The third-order valence-corrected chi connectivity index (χ3v) is 3.44. The molecule has 0 unspecified atom stereocenters. The van der Waals surface area contributed by atoms with Gasteiger partial charge in [-0.05, 0) is 6.42 Å². The third-order valence-electron chi connectivity index (χ3n) is 2.20. The van der Waals surface area contributed by atoms with Crippen LogP contribution in [0.4, 0.5) is 5.69 Å². The number of carboxylic acid groups (broad SMARTS) is 1. The molecule has 0 atom stereocenters.